The van der Waals surface area contributed by atoms with Crippen LogP contribution in [0.2, 0.25) is 0 Å². The molecule has 0 spiro atoms. The first-order valence-corrected chi connectivity index (χ1v) is 9.12. The molecule has 0 amide bonds. The van der Waals surface area contributed by atoms with Crippen LogP contribution in [0.15, 0.2) is 53.4 Å². The van der Waals surface area contributed by atoms with Gasteiger partial charge in [-0.25, -0.2) is 8.42 Å². The van der Waals surface area contributed by atoms with E-state index in [2.05, 4.69) is 0 Å². The Labute approximate surface area is 150 Å². The van der Waals surface area contributed by atoms with Gasteiger partial charge in [-0.1, -0.05) is 35.9 Å². The maximum atomic E-state index is 13.0. The number of aliphatic carboxylic acids is 1. The van der Waals surface area contributed by atoms with E-state index >= 15 is 0 Å². The molecule has 1 atom stereocenters. The fourth-order valence-electron chi connectivity index (χ4n) is 2.39. The van der Waals surface area contributed by atoms with Crippen molar-refractivity contribution in [2.75, 3.05) is 0 Å². The zero-order chi connectivity index (χ0) is 19.5. The molecule has 8 nitrogen and oxygen atoms in total. The van der Waals surface area contributed by atoms with Crippen LogP contribution in [-0.2, 0) is 21.4 Å². The number of sulfonamides is 1. The van der Waals surface area contributed by atoms with Crippen LogP contribution >= 0.6 is 0 Å². The molecule has 0 saturated carbocycles. The van der Waals surface area contributed by atoms with E-state index in [0.29, 0.717) is 0 Å². The molecule has 0 aliphatic heterocycles. The molecule has 9 heteroatoms. The summed E-state index contributed by atoms with van der Waals surface area (Å²) in [7, 11) is -4.17. The van der Waals surface area contributed by atoms with Gasteiger partial charge in [0.05, 0.1) is 9.82 Å². The minimum atomic E-state index is -4.17. The Balaban J connectivity index is 2.53. The summed E-state index contributed by atoms with van der Waals surface area (Å²) in [6.07, 6.45) is 0. The van der Waals surface area contributed by atoms with Crippen molar-refractivity contribution >= 4 is 21.7 Å². The monoisotopic (exact) mass is 378 g/mol. The predicted octanol–water partition coefficient (Wildman–Crippen LogP) is 2.57. The van der Waals surface area contributed by atoms with E-state index in [-0.39, 0.29) is 16.1 Å². The Morgan fingerprint density at radius 3 is 2.31 bits per heavy atom. The molecular formula is C17H18N2O6S. The van der Waals surface area contributed by atoms with Crippen molar-refractivity contribution in [2.45, 2.75) is 31.3 Å². The third-order valence-electron chi connectivity index (χ3n) is 3.93. The van der Waals surface area contributed by atoms with E-state index in [1.54, 1.807) is 19.1 Å². The first-order chi connectivity index (χ1) is 12.1. The van der Waals surface area contributed by atoms with Crippen LogP contribution in [0.1, 0.15) is 18.1 Å². The number of carboxylic acids is 1. The lowest BCUT2D eigenvalue weighted by Gasteiger charge is -2.25. The van der Waals surface area contributed by atoms with Gasteiger partial charge in [-0.05, 0) is 26.0 Å². The van der Waals surface area contributed by atoms with E-state index in [4.69, 9.17) is 0 Å². The summed E-state index contributed by atoms with van der Waals surface area (Å²) in [5.41, 5.74) is 0.691. The molecule has 0 aliphatic carbocycles. The number of nitro benzene ring substituents is 1. The van der Waals surface area contributed by atoms with Crippen LogP contribution in [-0.4, -0.2) is 34.8 Å². The van der Waals surface area contributed by atoms with Crippen molar-refractivity contribution in [1.82, 2.24) is 4.31 Å². The molecular weight excluding hydrogens is 360 g/mol. The van der Waals surface area contributed by atoms with Gasteiger partial charge in [0.25, 0.3) is 5.69 Å². The maximum absolute atomic E-state index is 13.0. The topological polar surface area (TPSA) is 118 Å². The number of hydrogen-bond donors (Lipinski definition) is 1. The Hall–Kier alpha value is -2.78. The van der Waals surface area contributed by atoms with E-state index in [1.165, 1.54) is 43.3 Å². The van der Waals surface area contributed by atoms with Gasteiger partial charge in [-0.15, -0.1) is 0 Å². The number of carboxylic acid groups (broad SMARTS) is 1. The number of aryl methyl sites for hydroxylation is 1. The van der Waals surface area contributed by atoms with E-state index < -0.39 is 33.5 Å². The van der Waals surface area contributed by atoms with Crippen molar-refractivity contribution in [3.8, 4) is 0 Å². The summed E-state index contributed by atoms with van der Waals surface area (Å²) in [5, 5.41) is 20.5. The van der Waals surface area contributed by atoms with Gasteiger partial charge in [-0.3, -0.25) is 14.9 Å². The third-order valence-corrected chi connectivity index (χ3v) is 5.86. The van der Waals surface area contributed by atoms with Gasteiger partial charge < -0.3 is 5.11 Å². The number of nitro groups is 1. The second-order valence-electron chi connectivity index (χ2n) is 5.76. The number of hydrogen-bond acceptors (Lipinski definition) is 5. The van der Waals surface area contributed by atoms with Crippen LogP contribution in [0.3, 0.4) is 0 Å². The zero-order valence-electron chi connectivity index (χ0n) is 14.2. The smallest absolute Gasteiger partial charge is 0.321 e. The number of nitrogens with zero attached hydrogens (tertiary/aromatic N) is 2. The van der Waals surface area contributed by atoms with Crippen LogP contribution in [0.25, 0.3) is 0 Å². The van der Waals surface area contributed by atoms with Crippen LogP contribution in [0.5, 0.6) is 0 Å². The maximum Gasteiger partial charge on any atom is 0.321 e. The summed E-state index contributed by atoms with van der Waals surface area (Å²) < 4.78 is 26.7. The highest BCUT2D eigenvalue weighted by Crippen LogP contribution is 2.26. The molecule has 1 N–H and O–H groups in total. The van der Waals surface area contributed by atoms with Crippen LogP contribution < -0.4 is 0 Å². The van der Waals surface area contributed by atoms with Gasteiger partial charge in [0.2, 0.25) is 10.0 Å². The summed E-state index contributed by atoms with van der Waals surface area (Å²) in [6, 6.07) is 10.2. The average Bonchev–Trinajstić information content (AvgIpc) is 2.59. The molecule has 2 aromatic carbocycles. The SMILES string of the molecule is Cc1ccc(S(=O)(=O)N(Cc2ccccc2[N+](=O)[O-])[C@@H](C)C(=O)O)cc1. The number of carbonyl (C=O) groups is 1. The molecule has 0 heterocycles. The molecule has 0 fully saturated rings. The van der Waals surface area contributed by atoms with Crippen molar-refractivity contribution in [3.05, 3.63) is 69.8 Å². The van der Waals surface area contributed by atoms with Gasteiger partial charge in [0.1, 0.15) is 6.04 Å². The van der Waals surface area contributed by atoms with Gasteiger partial charge >= 0.3 is 5.97 Å². The molecule has 0 aliphatic rings. The van der Waals surface area contributed by atoms with Crippen molar-refractivity contribution < 1.29 is 23.2 Å². The molecule has 0 aromatic heterocycles. The average molecular weight is 378 g/mol. The molecule has 2 rings (SSSR count). The Bertz CT molecular complexity index is 925. The second-order valence-corrected chi connectivity index (χ2v) is 7.65. The van der Waals surface area contributed by atoms with E-state index in [9.17, 15) is 28.4 Å². The minimum absolute atomic E-state index is 0.0743. The highest BCUT2D eigenvalue weighted by molar-refractivity contribution is 7.89. The van der Waals surface area contributed by atoms with Crippen LogP contribution in [0, 0.1) is 17.0 Å². The highest BCUT2D eigenvalue weighted by Gasteiger charge is 2.34. The lowest BCUT2D eigenvalue weighted by atomic mass is 10.1. The van der Waals surface area contributed by atoms with Crippen molar-refractivity contribution in [1.29, 1.82) is 0 Å². The molecule has 0 saturated heterocycles. The quantitative estimate of drug-likeness (QED) is 0.584. The summed E-state index contributed by atoms with van der Waals surface area (Å²) in [4.78, 5) is 21.9. The standard InChI is InChI=1S/C17H18N2O6S/c1-12-7-9-15(10-8-12)26(24,25)18(13(2)17(20)21)11-14-5-3-4-6-16(14)19(22)23/h3-10,13H,11H2,1-2H3,(H,20,21)/t13-/m0/s1. The number of benzene rings is 2. The fourth-order valence-corrected chi connectivity index (χ4v) is 3.96. The number of rotatable bonds is 7. The summed E-state index contributed by atoms with van der Waals surface area (Å²) >= 11 is 0. The largest absolute Gasteiger partial charge is 0.480 e. The molecule has 138 valence electrons. The van der Waals surface area contributed by atoms with Crippen molar-refractivity contribution in [2.24, 2.45) is 0 Å². The Kier molecular flexibility index (Phi) is 5.73. The van der Waals surface area contributed by atoms with Gasteiger partial charge in [-0.2, -0.15) is 4.31 Å². The molecule has 26 heavy (non-hydrogen) atoms. The Morgan fingerprint density at radius 2 is 1.77 bits per heavy atom. The molecule has 0 bridgehead atoms. The summed E-state index contributed by atoms with van der Waals surface area (Å²) in [6.45, 7) is 2.59. The lowest BCUT2D eigenvalue weighted by Crippen LogP contribution is -2.42. The zero-order valence-corrected chi connectivity index (χ0v) is 15.0. The van der Waals surface area contributed by atoms with Gasteiger partial charge in [0.15, 0.2) is 0 Å². The first-order valence-electron chi connectivity index (χ1n) is 7.68. The van der Waals surface area contributed by atoms with E-state index in [0.717, 1.165) is 9.87 Å². The second kappa shape index (κ2) is 7.63. The molecule has 0 unspecified atom stereocenters. The molecule has 2 aromatic rings. The lowest BCUT2D eigenvalue weighted by molar-refractivity contribution is -0.385. The van der Waals surface area contributed by atoms with Gasteiger partial charge in [0, 0.05) is 18.2 Å². The fraction of sp³-hybridized carbons (Fsp3) is 0.235. The van der Waals surface area contributed by atoms with E-state index in [1.807, 2.05) is 0 Å². The summed E-state index contributed by atoms with van der Waals surface area (Å²) in [5.74, 6) is -1.35. The van der Waals surface area contributed by atoms with Crippen LogP contribution in [0.4, 0.5) is 5.69 Å². The van der Waals surface area contributed by atoms with Crippen molar-refractivity contribution in [3.63, 3.8) is 0 Å². The highest BCUT2D eigenvalue weighted by atomic mass is 32.2. The normalized spacial score (nSPS) is 12.7. The first kappa shape index (κ1) is 19.5. The Morgan fingerprint density at radius 1 is 1.19 bits per heavy atom. The minimum Gasteiger partial charge on any atom is -0.480 e. The number of para-hydroxylation sites is 1. The third kappa shape index (κ3) is 4.06. The molecule has 0 radical (unpaired) electrons. The predicted molar refractivity (Wildman–Crippen MR) is 94.1 cm³/mol.